The molecule has 2 aromatic rings. The first-order valence-electron chi connectivity index (χ1n) is 5.84. The van der Waals surface area contributed by atoms with Gasteiger partial charge in [-0.15, -0.1) is 0 Å². The number of benzene rings is 2. The maximum absolute atomic E-state index is 5.97. The Bertz CT molecular complexity index is 566. The molecule has 0 amide bonds. The smallest absolute Gasteiger partial charge is 0.134 e. The van der Waals surface area contributed by atoms with Crippen molar-refractivity contribution in [1.29, 1.82) is 0 Å². The van der Waals surface area contributed by atoms with Crippen LogP contribution in [-0.4, -0.2) is 0 Å². The molecule has 0 saturated carbocycles. The Morgan fingerprint density at radius 1 is 1.11 bits per heavy atom. The summed E-state index contributed by atoms with van der Waals surface area (Å²) in [6, 6.07) is 12.0. The fourth-order valence-electron chi connectivity index (χ4n) is 1.82. The van der Waals surface area contributed by atoms with Gasteiger partial charge in [0, 0.05) is 16.6 Å². The van der Waals surface area contributed by atoms with E-state index in [1.807, 2.05) is 50.2 Å². The van der Waals surface area contributed by atoms with Crippen LogP contribution in [0.2, 0.25) is 0 Å². The second-order valence-electron chi connectivity index (χ2n) is 4.28. The zero-order chi connectivity index (χ0) is 13.1. The third-order valence-corrected chi connectivity index (χ3v) is 3.75. The van der Waals surface area contributed by atoms with Crippen LogP contribution in [0.3, 0.4) is 0 Å². The number of hydrogen-bond donors (Lipinski definition) is 1. The van der Waals surface area contributed by atoms with Crippen molar-refractivity contribution in [3.8, 4) is 11.5 Å². The van der Waals surface area contributed by atoms with E-state index >= 15 is 0 Å². The molecule has 3 heteroatoms. The van der Waals surface area contributed by atoms with Crippen LogP contribution in [-0.2, 0) is 6.54 Å². The highest BCUT2D eigenvalue weighted by molar-refractivity contribution is 9.10. The molecule has 0 aromatic heterocycles. The van der Waals surface area contributed by atoms with Crippen LogP contribution in [0.1, 0.15) is 16.7 Å². The van der Waals surface area contributed by atoms with Gasteiger partial charge in [-0.05, 0) is 43.2 Å². The van der Waals surface area contributed by atoms with E-state index in [0.29, 0.717) is 6.54 Å². The molecule has 0 aliphatic rings. The molecule has 2 nitrogen and oxygen atoms in total. The van der Waals surface area contributed by atoms with Crippen molar-refractivity contribution in [2.75, 3.05) is 0 Å². The van der Waals surface area contributed by atoms with Crippen molar-refractivity contribution in [2.45, 2.75) is 20.4 Å². The van der Waals surface area contributed by atoms with Gasteiger partial charge in [0.1, 0.15) is 11.5 Å². The summed E-state index contributed by atoms with van der Waals surface area (Å²) >= 11 is 3.48. The molecule has 0 radical (unpaired) electrons. The van der Waals surface area contributed by atoms with E-state index in [0.717, 1.165) is 32.7 Å². The van der Waals surface area contributed by atoms with E-state index < -0.39 is 0 Å². The highest BCUT2D eigenvalue weighted by atomic mass is 79.9. The first-order valence-corrected chi connectivity index (χ1v) is 6.63. The van der Waals surface area contributed by atoms with Crippen LogP contribution in [0.25, 0.3) is 0 Å². The molecule has 0 aliphatic carbocycles. The van der Waals surface area contributed by atoms with Gasteiger partial charge < -0.3 is 10.5 Å². The minimum absolute atomic E-state index is 0.479. The fraction of sp³-hybridized carbons (Fsp3) is 0.200. The summed E-state index contributed by atoms with van der Waals surface area (Å²) in [4.78, 5) is 0. The lowest BCUT2D eigenvalue weighted by atomic mass is 10.1. The molecular weight excluding hydrogens is 290 g/mol. The summed E-state index contributed by atoms with van der Waals surface area (Å²) in [7, 11) is 0. The lowest BCUT2D eigenvalue weighted by Crippen LogP contribution is -2.00. The third-order valence-electron chi connectivity index (χ3n) is 2.86. The van der Waals surface area contributed by atoms with Gasteiger partial charge >= 0.3 is 0 Å². The number of ether oxygens (including phenoxy) is 1. The Morgan fingerprint density at radius 3 is 2.56 bits per heavy atom. The minimum Gasteiger partial charge on any atom is -0.457 e. The van der Waals surface area contributed by atoms with Crippen molar-refractivity contribution < 1.29 is 4.74 Å². The van der Waals surface area contributed by atoms with Crippen LogP contribution in [0.4, 0.5) is 0 Å². The van der Waals surface area contributed by atoms with Gasteiger partial charge in [-0.2, -0.15) is 0 Å². The quantitative estimate of drug-likeness (QED) is 0.916. The second kappa shape index (κ2) is 5.55. The fourth-order valence-corrected chi connectivity index (χ4v) is 2.07. The van der Waals surface area contributed by atoms with Crippen LogP contribution in [0.15, 0.2) is 40.9 Å². The van der Waals surface area contributed by atoms with Crippen molar-refractivity contribution in [3.63, 3.8) is 0 Å². The predicted molar refractivity (Wildman–Crippen MR) is 78.0 cm³/mol. The summed E-state index contributed by atoms with van der Waals surface area (Å²) in [6.07, 6.45) is 0. The van der Waals surface area contributed by atoms with E-state index in [-0.39, 0.29) is 0 Å². The summed E-state index contributed by atoms with van der Waals surface area (Å²) in [5.74, 6) is 1.70. The molecule has 0 fully saturated rings. The molecule has 94 valence electrons. The molecule has 0 unspecified atom stereocenters. The maximum atomic E-state index is 5.97. The van der Waals surface area contributed by atoms with Crippen molar-refractivity contribution >= 4 is 15.9 Å². The lowest BCUT2D eigenvalue weighted by molar-refractivity contribution is 0.472. The van der Waals surface area contributed by atoms with E-state index in [1.165, 1.54) is 0 Å². The first-order chi connectivity index (χ1) is 8.61. The SMILES string of the molecule is Cc1cc(Oc2c(C)cccc2CN)ccc1Br. The van der Waals surface area contributed by atoms with Crippen LogP contribution < -0.4 is 10.5 Å². The van der Waals surface area contributed by atoms with Gasteiger partial charge in [-0.3, -0.25) is 0 Å². The highest BCUT2D eigenvalue weighted by Gasteiger charge is 2.07. The number of rotatable bonds is 3. The third kappa shape index (κ3) is 2.74. The average Bonchev–Trinajstić information content (AvgIpc) is 2.36. The number of aryl methyl sites for hydroxylation is 2. The van der Waals surface area contributed by atoms with Crippen LogP contribution in [0, 0.1) is 13.8 Å². The molecule has 0 spiro atoms. The van der Waals surface area contributed by atoms with Crippen LogP contribution in [0.5, 0.6) is 11.5 Å². The summed E-state index contributed by atoms with van der Waals surface area (Å²) in [5.41, 5.74) is 9.01. The van der Waals surface area contributed by atoms with Crippen molar-refractivity contribution in [2.24, 2.45) is 5.73 Å². The van der Waals surface area contributed by atoms with Gasteiger partial charge in [0.15, 0.2) is 0 Å². The molecule has 0 heterocycles. The molecule has 0 bridgehead atoms. The number of hydrogen-bond acceptors (Lipinski definition) is 2. The molecule has 0 atom stereocenters. The Morgan fingerprint density at radius 2 is 1.89 bits per heavy atom. The second-order valence-corrected chi connectivity index (χ2v) is 5.13. The van der Waals surface area contributed by atoms with E-state index in [2.05, 4.69) is 15.9 Å². The molecule has 2 rings (SSSR count). The number of para-hydroxylation sites is 1. The Labute approximate surface area is 116 Å². The van der Waals surface area contributed by atoms with E-state index in [4.69, 9.17) is 10.5 Å². The van der Waals surface area contributed by atoms with Crippen LogP contribution >= 0.6 is 15.9 Å². The zero-order valence-corrected chi connectivity index (χ0v) is 12.1. The first kappa shape index (κ1) is 13.1. The monoisotopic (exact) mass is 305 g/mol. The minimum atomic E-state index is 0.479. The molecular formula is C15H16BrNO. The molecule has 0 saturated heterocycles. The molecule has 2 aromatic carbocycles. The summed E-state index contributed by atoms with van der Waals surface area (Å²) in [6.45, 7) is 4.55. The summed E-state index contributed by atoms with van der Waals surface area (Å²) in [5, 5.41) is 0. The van der Waals surface area contributed by atoms with Crippen molar-refractivity contribution in [1.82, 2.24) is 0 Å². The topological polar surface area (TPSA) is 35.2 Å². The van der Waals surface area contributed by atoms with Gasteiger partial charge in [0.05, 0.1) is 0 Å². The lowest BCUT2D eigenvalue weighted by Gasteiger charge is -2.13. The molecule has 0 aliphatic heterocycles. The molecule has 2 N–H and O–H groups in total. The Balaban J connectivity index is 2.36. The van der Waals surface area contributed by atoms with Gasteiger partial charge in [-0.25, -0.2) is 0 Å². The van der Waals surface area contributed by atoms with E-state index in [1.54, 1.807) is 0 Å². The normalized spacial score (nSPS) is 10.4. The highest BCUT2D eigenvalue weighted by Crippen LogP contribution is 2.30. The Hall–Kier alpha value is -1.32. The maximum Gasteiger partial charge on any atom is 0.134 e. The van der Waals surface area contributed by atoms with Crippen molar-refractivity contribution in [3.05, 3.63) is 57.6 Å². The van der Waals surface area contributed by atoms with Gasteiger partial charge in [-0.1, -0.05) is 34.1 Å². The zero-order valence-electron chi connectivity index (χ0n) is 10.5. The molecule has 18 heavy (non-hydrogen) atoms. The van der Waals surface area contributed by atoms with Gasteiger partial charge in [0.25, 0.3) is 0 Å². The average molecular weight is 306 g/mol. The predicted octanol–water partition coefficient (Wildman–Crippen LogP) is 4.32. The standard InChI is InChI=1S/C15H16BrNO/c1-10-4-3-5-12(9-17)15(10)18-13-6-7-14(16)11(2)8-13/h3-8H,9,17H2,1-2H3. The number of halogens is 1. The van der Waals surface area contributed by atoms with E-state index in [9.17, 15) is 0 Å². The Kier molecular flexibility index (Phi) is 4.04. The van der Waals surface area contributed by atoms with Gasteiger partial charge in [0.2, 0.25) is 0 Å². The largest absolute Gasteiger partial charge is 0.457 e. The number of nitrogens with two attached hydrogens (primary N) is 1. The summed E-state index contributed by atoms with van der Waals surface area (Å²) < 4.78 is 7.05.